The summed E-state index contributed by atoms with van der Waals surface area (Å²) < 4.78 is 12.3. The third-order valence-corrected chi connectivity index (χ3v) is 12.2. The van der Waals surface area contributed by atoms with Crippen molar-refractivity contribution < 1.29 is 28.7 Å². The van der Waals surface area contributed by atoms with Gasteiger partial charge in [-0.05, 0) is 44.6 Å². The standard InChI is InChI=1S/C38H48N8O6S2/c1-8-18(3)27-35-45-29(21(6)51-35)33(49)39-20(5)37-41-25(16-53-37)31(47)43-28(19(4)9-2)36-46-30(22(7)52-36)34(50)40-24(15-23-13-11-10-12-14-23)38-42-26(17-54-38)32(48)44-27/h10-14,16-22,24,27-30H,8-9,15H2,1-7H3,(H,39,49)(H,40,50)(H,43,47)(H,44,48)/t18-,19-,20+,21+,22+,24-,27-,28+,29+,30+/m1/s1. The van der Waals surface area contributed by atoms with Crippen LogP contribution in [0.2, 0.25) is 0 Å². The fourth-order valence-corrected chi connectivity index (χ4v) is 8.17. The molecule has 0 unspecified atom stereocenters. The lowest BCUT2D eigenvalue weighted by Gasteiger charge is -2.24. The number of thiazole rings is 2. The fourth-order valence-electron chi connectivity index (χ4n) is 6.51. The van der Waals surface area contributed by atoms with Crippen LogP contribution in [0.1, 0.15) is 110 Å². The average Bonchev–Trinajstić information content (AvgIpc) is 3.98. The molecule has 16 heteroatoms. The van der Waals surface area contributed by atoms with E-state index < -0.39 is 60.3 Å². The number of carbonyl (C=O) groups excluding carboxylic acids is 4. The van der Waals surface area contributed by atoms with Crippen molar-refractivity contribution in [2.45, 2.75) is 116 Å². The molecule has 0 saturated heterocycles. The highest BCUT2D eigenvalue weighted by molar-refractivity contribution is 7.10. The molecule has 0 radical (unpaired) electrons. The van der Waals surface area contributed by atoms with Gasteiger partial charge in [-0.3, -0.25) is 19.2 Å². The van der Waals surface area contributed by atoms with E-state index in [1.165, 1.54) is 22.7 Å². The van der Waals surface area contributed by atoms with Crippen molar-refractivity contribution >= 4 is 58.1 Å². The first-order chi connectivity index (χ1) is 25.9. The molecule has 0 aliphatic carbocycles. The number of rotatable bonds is 6. The normalized spacial score (nSPS) is 28.9. The maximum atomic E-state index is 14.0. The number of aliphatic imine (C=N–C) groups is 2. The molecule has 2 aromatic heterocycles. The monoisotopic (exact) mass is 776 g/mol. The summed E-state index contributed by atoms with van der Waals surface area (Å²) in [4.78, 5) is 73.7. The topological polar surface area (TPSA) is 185 Å². The van der Waals surface area contributed by atoms with Crippen molar-refractivity contribution in [1.29, 1.82) is 0 Å². The summed E-state index contributed by atoms with van der Waals surface area (Å²) in [5, 5.41) is 16.6. The fraction of sp³-hybridized carbons (Fsp3) is 0.526. The van der Waals surface area contributed by atoms with Gasteiger partial charge in [-0.2, -0.15) is 0 Å². The second kappa shape index (κ2) is 16.8. The molecule has 0 fully saturated rings. The summed E-state index contributed by atoms with van der Waals surface area (Å²) in [5.74, 6) is -1.18. The molecule has 10 atom stereocenters. The van der Waals surface area contributed by atoms with Crippen LogP contribution >= 0.6 is 22.7 Å². The number of benzene rings is 1. The number of hydrogen-bond donors (Lipinski definition) is 4. The Morgan fingerprint density at radius 1 is 0.685 bits per heavy atom. The molecule has 3 aliphatic heterocycles. The largest absolute Gasteiger partial charge is 0.474 e. The molecule has 3 aliphatic rings. The molecule has 0 saturated carbocycles. The second-order valence-corrected chi connectivity index (χ2v) is 16.0. The maximum absolute atomic E-state index is 14.0. The lowest BCUT2D eigenvalue weighted by Crippen LogP contribution is -2.45. The Balaban J connectivity index is 1.38. The molecule has 1 aromatic carbocycles. The third-order valence-electron chi connectivity index (χ3n) is 10.2. The van der Waals surface area contributed by atoms with Crippen molar-refractivity contribution in [2.24, 2.45) is 21.8 Å². The minimum absolute atomic E-state index is 0.0803. The third kappa shape index (κ3) is 8.49. The SMILES string of the molecule is CC[C@@H](C)[C@@H]1NC(=O)c2csc(n2)[C@H](C)NC(=O)[C@H]2N=C(O[C@H]2C)[C@@H]([C@H](C)CC)NC(=O)c2csc(n2)[C@@H](Cc2ccccc2)NC(=O)[C@H]2N=C1O[C@H]2C. The number of amides is 4. The van der Waals surface area contributed by atoms with Crippen LogP contribution in [0, 0.1) is 11.8 Å². The van der Waals surface area contributed by atoms with Crippen LogP contribution in [-0.4, -0.2) is 81.8 Å². The number of nitrogens with one attached hydrogen (secondary N) is 4. The highest BCUT2D eigenvalue weighted by atomic mass is 32.1. The molecule has 0 spiro atoms. The molecule has 4 amide bonds. The molecule has 8 bridgehead atoms. The number of aromatic nitrogens is 2. The van der Waals surface area contributed by atoms with E-state index >= 15 is 0 Å². The van der Waals surface area contributed by atoms with Crippen molar-refractivity contribution in [2.75, 3.05) is 0 Å². The van der Waals surface area contributed by atoms with Gasteiger partial charge in [-0.25, -0.2) is 20.0 Å². The number of carbonyl (C=O) groups is 4. The van der Waals surface area contributed by atoms with Gasteiger partial charge >= 0.3 is 0 Å². The van der Waals surface area contributed by atoms with E-state index in [-0.39, 0.29) is 46.8 Å². The van der Waals surface area contributed by atoms with Gasteiger partial charge < -0.3 is 30.7 Å². The molecule has 288 valence electrons. The van der Waals surface area contributed by atoms with Crippen molar-refractivity contribution in [1.82, 2.24) is 31.2 Å². The predicted molar refractivity (Wildman–Crippen MR) is 207 cm³/mol. The highest BCUT2D eigenvalue weighted by Gasteiger charge is 2.41. The van der Waals surface area contributed by atoms with E-state index in [0.29, 0.717) is 29.3 Å². The van der Waals surface area contributed by atoms with Crippen molar-refractivity contribution in [3.63, 3.8) is 0 Å². The minimum Gasteiger partial charge on any atom is -0.474 e. The Labute approximate surface area is 323 Å². The van der Waals surface area contributed by atoms with Crippen molar-refractivity contribution in [3.8, 4) is 0 Å². The Hall–Kier alpha value is -4.70. The van der Waals surface area contributed by atoms with E-state index in [2.05, 4.69) is 31.2 Å². The molecular weight excluding hydrogens is 729 g/mol. The van der Waals surface area contributed by atoms with Crippen molar-refractivity contribution in [3.05, 3.63) is 68.1 Å². The average molecular weight is 777 g/mol. The molecule has 5 heterocycles. The maximum Gasteiger partial charge on any atom is 0.271 e. The van der Waals surface area contributed by atoms with Crippen LogP contribution in [0.15, 0.2) is 51.1 Å². The zero-order chi connectivity index (χ0) is 38.7. The van der Waals surface area contributed by atoms with Gasteiger partial charge in [0.2, 0.25) is 23.6 Å². The number of ether oxygens (including phenoxy) is 2. The zero-order valence-electron chi connectivity index (χ0n) is 31.5. The van der Waals surface area contributed by atoms with Crippen LogP contribution in [0.3, 0.4) is 0 Å². The minimum atomic E-state index is -0.889. The van der Waals surface area contributed by atoms with Crippen LogP contribution in [0.5, 0.6) is 0 Å². The Morgan fingerprint density at radius 2 is 1.17 bits per heavy atom. The molecule has 4 N–H and O–H groups in total. The van der Waals surface area contributed by atoms with E-state index in [0.717, 1.165) is 5.56 Å². The summed E-state index contributed by atoms with van der Waals surface area (Å²) in [6.07, 6.45) is 0.630. The molecule has 54 heavy (non-hydrogen) atoms. The van der Waals surface area contributed by atoms with Gasteiger partial charge in [0, 0.05) is 10.8 Å². The number of hydrogen-bond acceptors (Lipinski definition) is 12. The summed E-state index contributed by atoms with van der Waals surface area (Å²) in [6.45, 7) is 13.3. The summed E-state index contributed by atoms with van der Waals surface area (Å²) in [6, 6.07) is 5.62. The Bertz CT molecular complexity index is 1910. The van der Waals surface area contributed by atoms with Gasteiger partial charge in [0.15, 0.2) is 12.1 Å². The van der Waals surface area contributed by atoms with E-state index in [1.807, 2.05) is 58.0 Å². The zero-order valence-corrected chi connectivity index (χ0v) is 33.1. The van der Waals surface area contributed by atoms with Crippen LogP contribution in [0.4, 0.5) is 0 Å². The van der Waals surface area contributed by atoms with Crippen LogP contribution in [0.25, 0.3) is 0 Å². The van der Waals surface area contributed by atoms with Crippen LogP contribution in [-0.2, 0) is 25.5 Å². The number of fused-ring (bicyclic) bond motifs is 6. The predicted octanol–water partition coefficient (Wildman–Crippen LogP) is 4.55. The van der Waals surface area contributed by atoms with Gasteiger partial charge in [0.25, 0.3) is 11.8 Å². The van der Waals surface area contributed by atoms with E-state index in [4.69, 9.17) is 19.5 Å². The first-order valence-corrected chi connectivity index (χ1v) is 20.3. The van der Waals surface area contributed by atoms with Gasteiger partial charge in [-0.1, -0.05) is 70.9 Å². The molecular formula is C38H48N8O6S2. The summed E-state index contributed by atoms with van der Waals surface area (Å²) in [5.41, 5.74) is 1.35. The van der Waals surface area contributed by atoms with E-state index in [1.54, 1.807) is 31.5 Å². The Kier molecular flexibility index (Phi) is 12.1. The summed E-state index contributed by atoms with van der Waals surface area (Å²) >= 11 is 2.53. The van der Waals surface area contributed by atoms with Gasteiger partial charge in [-0.15, -0.1) is 22.7 Å². The van der Waals surface area contributed by atoms with Gasteiger partial charge in [0.05, 0.1) is 12.1 Å². The Morgan fingerprint density at radius 3 is 1.69 bits per heavy atom. The number of nitrogens with zero attached hydrogens (tertiary/aromatic N) is 4. The first kappa shape index (κ1) is 39.0. The summed E-state index contributed by atoms with van der Waals surface area (Å²) in [7, 11) is 0. The lowest BCUT2D eigenvalue weighted by molar-refractivity contribution is -0.125. The quantitative estimate of drug-likeness (QED) is 0.281. The first-order valence-electron chi connectivity index (χ1n) is 18.5. The highest BCUT2D eigenvalue weighted by Crippen LogP contribution is 2.28. The van der Waals surface area contributed by atoms with E-state index in [9.17, 15) is 19.2 Å². The molecule has 14 nitrogen and oxygen atoms in total. The van der Waals surface area contributed by atoms with Crippen LogP contribution < -0.4 is 21.3 Å². The lowest BCUT2D eigenvalue weighted by atomic mass is 9.98. The van der Waals surface area contributed by atoms with Gasteiger partial charge in [0.1, 0.15) is 45.7 Å². The second-order valence-electron chi connectivity index (χ2n) is 14.3. The smallest absolute Gasteiger partial charge is 0.271 e. The molecule has 3 aromatic rings. The molecule has 6 rings (SSSR count).